The van der Waals surface area contributed by atoms with E-state index in [0.29, 0.717) is 6.42 Å². The van der Waals surface area contributed by atoms with Crippen molar-refractivity contribution in [3.05, 3.63) is 53.6 Å². The molecule has 0 aromatic heterocycles. The Kier molecular flexibility index (Phi) is 7.16. The summed E-state index contributed by atoms with van der Waals surface area (Å²) >= 11 is 0. The van der Waals surface area contributed by atoms with Crippen LogP contribution in [0.5, 0.6) is 11.5 Å². The molecule has 0 spiro atoms. The minimum absolute atomic E-state index is 0.0777. The van der Waals surface area contributed by atoms with Crippen molar-refractivity contribution < 1.29 is 31.5 Å². The van der Waals surface area contributed by atoms with E-state index >= 15 is 0 Å². The highest BCUT2D eigenvalue weighted by Crippen LogP contribution is 2.29. The van der Waals surface area contributed by atoms with E-state index in [4.69, 9.17) is 4.74 Å². The third-order valence-corrected chi connectivity index (χ3v) is 4.20. The molecule has 152 valence electrons. The number of sulfonamides is 1. The molecule has 2 N–H and O–H groups in total. The molecule has 2 rings (SSSR count). The van der Waals surface area contributed by atoms with Crippen molar-refractivity contribution in [2.24, 2.45) is 0 Å². The average Bonchev–Trinajstić information content (AvgIpc) is 2.61. The maximum atomic E-state index is 12.4. The van der Waals surface area contributed by atoms with Gasteiger partial charge in [-0.2, -0.15) is 8.78 Å². The Morgan fingerprint density at radius 1 is 1.14 bits per heavy atom. The molecule has 0 aliphatic rings. The summed E-state index contributed by atoms with van der Waals surface area (Å²) in [6.45, 7) is -2.72. The van der Waals surface area contributed by atoms with Crippen molar-refractivity contribution in [3.8, 4) is 11.5 Å². The molecule has 0 aliphatic carbocycles. The number of alkyl halides is 2. The molecule has 0 aliphatic heterocycles. The SMILES string of the molecule is COc1cc(CCNC(=O)c2ccccc2NS(C)(=O)=O)ccc1OC(F)F. The molecule has 0 bridgehead atoms. The summed E-state index contributed by atoms with van der Waals surface area (Å²) in [5.41, 5.74) is 1.10. The van der Waals surface area contributed by atoms with Gasteiger partial charge in [-0.3, -0.25) is 9.52 Å². The number of halogens is 2. The predicted molar refractivity (Wildman–Crippen MR) is 101 cm³/mol. The van der Waals surface area contributed by atoms with E-state index in [9.17, 15) is 22.0 Å². The van der Waals surface area contributed by atoms with Crippen LogP contribution in [0.1, 0.15) is 15.9 Å². The van der Waals surface area contributed by atoms with Gasteiger partial charge in [0.25, 0.3) is 5.91 Å². The van der Waals surface area contributed by atoms with Gasteiger partial charge in [0.1, 0.15) is 0 Å². The second-order valence-corrected chi connectivity index (χ2v) is 7.54. The summed E-state index contributed by atoms with van der Waals surface area (Å²) in [7, 11) is -2.19. The minimum Gasteiger partial charge on any atom is -0.493 e. The van der Waals surface area contributed by atoms with Crippen LogP contribution in [-0.2, 0) is 16.4 Å². The van der Waals surface area contributed by atoms with Gasteiger partial charge in [-0.15, -0.1) is 0 Å². The number of amides is 1. The van der Waals surface area contributed by atoms with Crippen molar-refractivity contribution in [1.82, 2.24) is 5.32 Å². The molecule has 0 atom stereocenters. The third kappa shape index (κ3) is 6.38. The lowest BCUT2D eigenvalue weighted by Crippen LogP contribution is -2.27. The Hall–Kier alpha value is -2.88. The molecule has 0 fully saturated rings. The lowest BCUT2D eigenvalue weighted by molar-refractivity contribution is -0.0512. The van der Waals surface area contributed by atoms with Gasteiger partial charge < -0.3 is 14.8 Å². The number of anilines is 1. The van der Waals surface area contributed by atoms with Gasteiger partial charge >= 0.3 is 6.61 Å². The first-order chi connectivity index (χ1) is 13.2. The zero-order valence-electron chi connectivity index (χ0n) is 15.2. The maximum Gasteiger partial charge on any atom is 0.387 e. The zero-order chi connectivity index (χ0) is 20.7. The lowest BCUT2D eigenvalue weighted by atomic mass is 10.1. The number of hydrogen-bond acceptors (Lipinski definition) is 5. The second-order valence-electron chi connectivity index (χ2n) is 5.79. The fraction of sp³-hybridized carbons (Fsp3) is 0.278. The average molecular weight is 414 g/mol. The summed E-state index contributed by atoms with van der Waals surface area (Å²) in [5.74, 6) is -0.366. The molecule has 0 unspecified atom stereocenters. The van der Waals surface area contributed by atoms with Crippen molar-refractivity contribution in [2.45, 2.75) is 13.0 Å². The molecular formula is C18H20F2N2O5S. The van der Waals surface area contributed by atoms with Gasteiger partial charge in [0, 0.05) is 6.54 Å². The number of carbonyl (C=O) groups excluding carboxylic acids is 1. The number of methoxy groups -OCH3 is 1. The summed E-state index contributed by atoms with van der Waals surface area (Å²) in [6.07, 6.45) is 1.40. The molecule has 2 aromatic rings. The number of hydrogen-bond donors (Lipinski definition) is 2. The quantitative estimate of drug-likeness (QED) is 0.658. The van der Waals surface area contributed by atoms with Crippen LogP contribution in [-0.4, -0.2) is 40.8 Å². The topological polar surface area (TPSA) is 93.7 Å². The molecular weight excluding hydrogens is 394 g/mol. The first kappa shape index (κ1) is 21.4. The van der Waals surface area contributed by atoms with Gasteiger partial charge in [0.15, 0.2) is 11.5 Å². The van der Waals surface area contributed by atoms with Crippen molar-refractivity contribution >= 4 is 21.6 Å². The van der Waals surface area contributed by atoms with Crippen LogP contribution in [0.3, 0.4) is 0 Å². The van der Waals surface area contributed by atoms with Gasteiger partial charge in [0.05, 0.1) is 24.6 Å². The highest BCUT2D eigenvalue weighted by molar-refractivity contribution is 7.92. The van der Waals surface area contributed by atoms with E-state index in [1.54, 1.807) is 24.3 Å². The predicted octanol–water partition coefficient (Wildman–Crippen LogP) is 2.64. The minimum atomic E-state index is -3.53. The Labute approximate surface area is 161 Å². The van der Waals surface area contributed by atoms with Gasteiger partial charge in [-0.1, -0.05) is 18.2 Å². The van der Waals surface area contributed by atoms with Crippen LogP contribution in [0.15, 0.2) is 42.5 Å². The van der Waals surface area contributed by atoms with Gasteiger partial charge in [0.2, 0.25) is 10.0 Å². The molecule has 0 saturated carbocycles. The number of benzene rings is 2. The second kappa shape index (κ2) is 9.36. The van der Waals surface area contributed by atoms with Gasteiger partial charge in [-0.05, 0) is 36.2 Å². The van der Waals surface area contributed by atoms with E-state index in [0.717, 1.165) is 11.8 Å². The molecule has 0 saturated heterocycles. The van der Waals surface area contributed by atoms with E-state index in [-0.39, 0.29) is 29.3 Å². The first-order valence-electron chi connectivity index (χ1n) is 8.16. The summed E-state index contributed by atoms with van der Waals surface area (Å²) < 4.78 is 59.2. The normalized spacial score (nSPS) is 11.2. The largest absolute Gasteiger partial charge is 0.493 e. The molecule has 7 nitrogen and oxygen atoms in total. The fourth-order valence-corrected chi connectivity index (χ4v) is 3.02. The van der Waals surface area contributed by atoms with Crippen LogP contribution in [0.2, 0.25) is 0 Å². The highest BCUT2D eigenvalue weighted by atomic mass is 32.2. The van der Waals surface area contributed by atoms with Crippen LogP contribution in [0, 0.1) is 0 Å². The smallest absolute Gasteiger partial charge is 0.387 e. The fourth-order valence-electron chi connectivity index (χ4n) is 2.45. The van der Waals surface area contributed by atoms with Crippen molar-refractivity contribution in [1.29, 1.82) is 0 Å². The summed E-state index contributed by atoms with van der Waals surface area (Å²) in [4.78, 5) is 12.4. The molecule has 0 radical (unpaired) electrons. The van der Waals surface area contributed by atoms with E-state index < -0.39 is 22.5 Å². The molecule has 10 heteroatoms. The lowest BCUT2D eigenvalue weighted by Gasteiger charge is -2.13. The Balaban J connectivity index is 2.01. The summed E-state index contributed by atoms with van der Waals surface area (Å²) in [5, 5.41) is 2.69. The number of para-hydroxylation sites is 1. The molecule has 28 heavy (non-hydrogen) atoms. The monoisotopic (exact) mass is 414 g/mol. The first-order valence-corrected chi connectivity index (χ1v) is 10.1. The zero-order valence-corrected chi connectivity index (χ0v) is 16.1. The third-order valence-electron chi connectivity index (χ3n) is 3.61. The van der Waals surface area contributed by atoms with Crippen molar-refractivity contribution in [2.75, 3.05) is 24.6 Å². The number of carbonyl (C=O) groups is 1. The van der Waals surface area contributed by atoms with Crippen LogP contribution < -0.4 is 19.5 Å². The van der Waals surface area contributed by atoms with Gasteiger partial charge in [-0.25, -0.2) is 8.42 Å². The maximum absolute atomic E-state index is 12.4. The standard InChI is InChI=1S/C18H20F2N2O5S/c1-26-16-11-12(7-8-15(16)27-18(19)20)9-10-21-17(23)13-5-3-4-6-14(13)22-28(2,24)25/h3-8,11,18,22H,9-10H2,1-2H3,(H,21,23). The molecule has 0 heterocycles. The highest BCUT2D eigenvalue weighted by Gasteiger charge is 2.14. The van der Waals surface area contributed by atoms with E-state index in [1.165, 1.54) is 25.3 Å². The Morgan fingerprint density at radius 2 is 1.86 bits per heavy atom. The van der Waals surface area contributed by atoms with E-state index in [1.807, 2.05) is 0 Å². The van der Waals surface area contributed by atoms with E-state index in [2.05, 4.69) is 14.8 Å². The number of nitrogens with one attached hydrogen (secondary N) is 2. The molecule has 2 aromatic carbocycles. The van der Waals surface area contributed by atoms with Crippen molar-refractivity contribution in [3.63, 3.8) is 0 Å². The summed E-state index contributed by atoms with van der Waals surface area (Å²) in [6, 6.07) is 10.7. The Morgan fingerprint density at radius 3 is 2.50 bits per heavy atom. The number of rotatable bonds is 9. The number of ether oxygens (including phenoxy) is 2. The van der Waals surface area contributed by atoms with Crippen LogP contribution in [0.4, 0.5) is 14.5 Å². The van der Waals surface area contributed by atoms with Crippen LogP contribution >= 0.6 is 0 Å². The molecule has 1 amide bonds. The Bertz CT molecular complexity index is 935. The van der Waals surface area contributed by atoms with Crippen LogP contribution in [0.25, 0.3) is 0 Å².